The topological polar surface area (TPSA) is 26.0 Å². The molecule has 1 nitrogen and oxygen atoms in total. The molecule has 0 saturated carbocycles. The minimum atomic E-state index is -0.289. The SMILES string of the molecule is NC(Cc1cccc(F)c1Br)c1cc(Br)ccc1Cl. The highest BCUT2D eigenvalue weighted by Gasteiger charge is 2.14. The molecule has 0 aliphatic rings. The fourth-order valence-electron chi connectivity index (χ4n) is 1.85. The Kier molecular flexibility index (Phi) is 5.01. The lowest BCUT2D eigenvalue weighted by atomic mass is 9.99. The third kappa shape index (κ3) is 3.57. The second kappa shape index (κ2) is 6.35. The van der Waals surface area contributed by atoms with Crippen LogP contribution in [0, 0.1) is 5.82 Å². The fourth-order valence-corrected chi connectivity index (χ4v) is 2.91. The van der Waals surface area contributed by atoms with E-state index in [0.717, 1.165) is 15.6 Å². The molecule has 0 amide bonds. The normalized spacial score (nSPS) is 12.5. The summed E-state index contributed by atoms with van der Waals surface area (Å²) < 4.78 is 14.8. The molecule has 0 aromatic heterocycles. The third-order valence-electron chi connectivity index (χ3n) is 2.83. The Morgan fingerprint density at radius 1 is 1.21 bits per heavy atom. The van der Waals surface area contributed by atoms with Gasteiger partial charge in [-0.3, -0.25) is 0 Å². The Morgan fingerprint density at radius 3 is 2.68 bits per heavy atom. The predicted octanol–water partition coefficient (Wildman–Crippen LogP) is 5.25. The van der Waals surface area contributed by atoms with Crippen LogP contribution in [0.25, 0.3) is 0 Å². The van der Waals surface area contributed by atoms with Crippen molar-refractivity contribution in [2.45, 2.75) is 12.5 Å². The van der Waals surface area contributed by atoms with Gasteiger partial charge in [0.05, 0.1) is 4.47 Å². The van der Waals surface area contributed by atoms with Crippen molar-refractivity contribution < 1.29 is 4.39 Å². The molecular weight excluding hydrogens is 396 g/mol. The number of nitrogens with two attached hydrogens (primary N) is 1. The molecule has 0 bridgehead atoms. The second-order valence-corrected chi connectivity index (χ2v) is 6.31. The Morgan fingerprint density at radius 2 is 1.95 bits per heavy atom. The molecule has 0 heterocycles. The van der Waals surface area contributed by atoms with Gasteiger partial charge in [-0.25, -0.2) is 4.39 Å². The van der Waals surface area contributed by atoms with Gasteiger partial charge in [0.2, 0.25) is 0 Å². The van der Waals surface area contributed by atoms with Gasteiger partial charge in [-0.2, -0.15) is 0 Å². The quantitative estimate of drug-likeness (QED) is 0.739. The van der Waals surface area contributed by atoms with E-state index in [2.05, 4.69) is 31.9 Å². The van der Waals surface area contributed by atoms with Crippen molar-refractivity contribution in [1.29, 1.82) is 0 Å². The summed E-state index contributed by atoms with van der Waals surface area (Å²) >= 11 is 12.8. The van der Waals surface area contributed by atoms with E-state index < -0.39 is 0 Å². The maximum absolute atomic E-state index is 13.5. The van der Waals surface area contributed by atoms with E-state index in [1.165, 1.54) is 6.07 Å². The molecule has 2 aromatic rings. The molecular formula is C14H11Br2ClFN. The fraction of sp³-hybridized carbons (Fsp3) is 0.143. The zero-order valence-corrected chi connectivity index (χ0v) is 13.8. The minimum Gasteiger partial charge on any atom is -0.324 e. The monoisotopic (exact) mass is 405 g/mol. The maximum Gasteiger partial charge on any atom is 0.137 e. The van der Waals surface area contributed by atoms with E-state index in [1.54, 1.807) is 12.1 Å². The lowest BCUT2D eigenvalue weighted by Crippen LogP contribution is -2.14. The highest BCUT2D eigenvalue weighted by molar-refractivity contribution is 9.10. The summed E-state index contributed by atoms with van der Waals surface area (Å²) in [7, 11) is 0. The summed E-state index contributed by atoms with van der Waals surface area (Å²) in [6.45, 7) is 0. The van der Waals surface area contributed by atoms with Gasteiger partial charge in [0.25, 0.3) is 0 Å². The average Bonchev–Trinajstić information content (AvgIpc) is 2.38. The summed E-state index contributed by atoms with van der Waals surface area (Å²) in [6.07, 6.45) is 0.508. The first-order chi connectivity index (χ1) is 8.99. The largest absolute Gasteiger partial charge is 0.324 e. The van der Waals surface area contributed by atoms with E-state index in [-0.39, 0.29) is 11.9 Å². The van der Waals surface area contributed by atoms with Gasteiger partial charge in [-0.05, 0) is 57.7 Å². The first-order valence-corrected chi connectivity index (χ1v) is 7.59. The molecule has 5 heteroatoms. The summed E-state index contributed by atoms with van der Waals surface area (Å²) in [5.41, 5.74) is 7.83. The molecule has 2 rings (SSSR count). The Balaban J connectivity index is 2.28. The van der Waals surface area contributed by atoms with Gasteiger partial charge in [0.1, 0.15) is 5.82 Å². The van der Waals surface area contributed by atoms with E-state index >= 15 is 0 Å². The highest BCUT2D eigenvalue weighted by Crippen LogP contribution is 2.30. The molecule has 0 spiro atoms. The van der Waals surface area contributed by atoms with Crippen molar-refractivity contribution in [3.8, 4) is 0 Å². The van der Waals surface area contributed by atoms with Crippen LogP contribution in [0.5, 0.6) is 0 Å². The molecule has 0 radical (unpaired) electrons. The van der Waals surface area contributed by atoms with Crippen LogP contribution in [0.1, 0.15) is 17.2 Å². The van der Waals surface area contributed by atoms with Gasteiger partial charge < -0.3 is 5.73 Å². The molecule has 0 aliphatic carbocycles. The van der Waals surface area contributed by atoms with E-state index in [1.807, 2.05) is 18.2 Å². The number of halogens is 4. The van der Waals surface area contributed by atoms with Gasteiger partial charge in [-0.15, -0.1) is 0 Å². The van der Waals surface area contributed by atoms with Gasteiger partial charge in [-0.1, -0.05) is 39.7 Å². The number of hydrogen-bond acceptors (Lipinski definition) is 1. The lowest BCUT2D eigenvalue weighted by molar-refractivity contribution is 0.614. The van der Waals surface area contributed by atoms with E-state index in [9.17, 15) is 4.39 Å². The molecule has 1 atom stereocenters. The summed E-state index contributed by atoms with van der Waals surface area (Å²) in [4.78, 5) is 0. The summed E-state index contributed by atoms with van der Waals surface area (Å²) in [6, 6.07) is 10.2. The number of rotatable bonds is 3. The molecule has 19 heavy (non-hydrogen) atoms. The first-order valence-electron chi connectivity index (χ1n) is 5.62. The molecule has 1 unspecified atom stereocenters. The van der Waals surface area contributed by atoms with Gasteiger partial charge >= 0.3 is 0 Å². The van der Waals surface area contributed by atoms with Crippen molar-refractivity contribution in [3.63, 3.8) is 0 Å². The zero-order chi connectivity index (χ0) is 14.0. The predicted molar refractivity (Wildman–Crippen MR) is 83.9 cm³/mol. The van der Waals surface area contributed by atoms with Crippen LogP contribution >= 0.6 is 43.5 Å². The molecule has 0 saturated heterocycles. The summed E-state index contributed by atoms with van der Waals surface area (Å²) in [5.74, 6) is -0.287. The van der Waals surface area contributed by atoms with Crippen LogP contribution in [0.2, 0.25) is 5.02 Å². The van der Waals surface area contributed by atoms with Crippen molar-refractivity contribution in [2.75, 3.05) is 0 Å². The van der Waals surface area contributed by atoms with Crippen LogP contribution in [0.3, 0.4) is 0 Å². The Hall–Kier alpha value is -0.420. The van der Waals surface area contributed by atoms with Crippen molar-refractivity contribution in [1.82, 2.24) is 0 Å². The third-order valence-corrected chi connectivity index (χ3v) is 4.55. The van der Waals surface area contributed by atoms with Crippen molar-refractivity contribution in [3.05, 3.63) is 67.3 Å². The Labute approximate surface area is 133 Å². The molecule has 0 aliphatic heterocycles. The van der Waals surface area contributed by atoms with Crippen molar-refractivity contribution >= 4 is 43.5 Å². The van der Waals surface area contributed by atoms with Crippen LogP contribution in [-0.4, -0.2) is 0 Å². The standard InChI is InChI=1S/C14H11Br2ClFN/c15-9-4-5-11(17)10(7-9)13(19)6-8-2-1-3-12(18)14(8)16/h1-5,7,13H,6,19H2. The van der Waals surface area contributed by atoms with Crippen LogP contribution in [0.15, 0.2) is 45.3 Å². The molecule has 100 valence electrons. The average molecular weight is 408 g/mol. The van der Waals surface area contributed by atoms with E-state index in [0.29, 0.717) is 15.9 Å². The van der Waals surface area contributed by atoms with Crippen LogP contribution in [0.4, 0.5) is 4.39 Å². The Bertz CT molecular complexity index is 604. The zero-order valence-electron chi connectivity index (χ0n) is 9.84. The second-order valence-electron chi connectivity index (χ2n) is 4.19. The molecule has 2 N–H and O–H groups in total. The first kappa shape index (κ1) is 15.0. The van der Waals surface area contributed by atoms with E-state index in [4.69, 9.17) is 17.3 Å². The van der Waals surface area contributed by atoms with Gasteiger partial charge in [0.15, 0.2) is 0 Å². The number of benzene rings is 2. The maximum atomic E-state index is 13.5. The van der Waals surface area contributed by atoms with Crippen LogP contribution < -0.4 is 5.73 Å². The minimum absolute atomic E-state index is 0.287. The summed E-state index contributed by atoms with van der Waals surface area (Å²) in [5, 5.41) is 0.614. The smallest absolute Gasteiger partial charge is 0.137 e. The molecule has 0 fully saturated rings. The number of hydrogen-bond donors (Lipinski definition) is 1. The molecule has 2 aromatic carbocycles. The van der Waals surface area contributed by atoms with Gasteiger partial charge in [0, 0.05) is 15.5 Å². The highest BCUT2D eigenvalue weighted by atomic mass is 79.9. The van der Waals surface area contributed by atoms with Crippen molar-refractivity contribution in [2.24, 2.45) is 5.73 Å². The lowest BCUT2D eigenvalue weighted by Gasteiger charge is -2.15. The van der Waals surface area contributed by atoms with Crippen LogP contribution in [-0.2, 0) is 6.42 Å².